The van der Waals surface area contributed by atoms with E-state index in [4.69, 9.17) is 9.84 Å². The number of carbonyl (C=O) groups excluding carboxylic acids is 3. The summed E-state index contributed by atoms with van der Waals surface area (Å²) in [6.07, 6.45) is 0.0584. The maximum Gasteiger partial charge on any atom is 0.338 e. The molecule has 0 bridgehead atoms. The monoisotopic (exact) mass is 620 g/mol. The van der Waals surface area contributed by atoms with E-state index in [1.54, 1.807) is 20.8 Å². The number of nitrogens with one attached hydrogen (secondary N) is 1. The van der Waals surface area contributed by atoms with Crippen LogP contribution in [0.25, 0.3) is 0 Å². The molecule has 2 amide bonds. The first-order valence-electron chi connectivity index (χ1n) is 14.8. The van der Waals surface area contributed by atoms with Gasteiger partial charge in [0.25, 0.3) is 5.69 Å². The fourth-order valence-electron chi connectivity index (χ4n) is 4.57. The van der Waals surface area contributed by atoms with E-state index in [0.717, 1.165) is 10.6 Å². The van der Waals surface area contributed by atoms with Gasteiger partial charge in [0.15, 0.2) is 5.78 Å². The molecule has 0 saturated carbocycles. The Hall–Kier alpha value is -5.64. The molecule has 46 heavy (non-hydrogen) atoms. The van der Waals surface area contributed by atoms with Crippen LogP contribution in [0.3, 0.4) is 0 Å². The van der Waals surface area contributed by atoms with Gasteiger partial charge in [0, 0.05) is 36.1 Å². The lowest BCUT2D eigenvalue weighted by Crippen LogP contribution is -2.50. The molecule has 4 rings (SSSR count). The second-order valence-corrected chi connectivity index (χ2v) is 11.6. The highest BCUT2D eigenvalue weighted by Gasteiger charge is 2.30. The van der Waals surface area contributed by atoms with Crippen molar-refractivity contribution in [1.82, 2.24) is 10.3 Å². The number of urea groups is 1. The molecule has 0 aliphatic rings. The normalized spacial score (nSPS) is 11.5. The zero-order valence-corrected chi connectivity index (χ0v) is 26.0. The first kappa shape index (κ1) is 33.3. The third kappa shape index (κ3) is 9.95. The van der Waals surface area contributed by atoms with E-state index >= 15 is 0 Å². The van der Waals surface area contributed by atoms with Crippen LogP contribution in [0.5, 0.6) is 0 Å². The van der Waals surface area contributed by atoms with E-state index < -0.39 is 35.1 Å². The van der Waals surface area contributed by atoms with Gasteiger partial charge in [-0.05, 0) is 31.9 Å². The van der Waals surface area contributed by atoms with Gasteiger partial charge in [-0.2, -0.15) is 5.10 Å². The lowest BCUT2D eigenvalue weighted by Gasteiger charge is -2.26. The lowest BCUT2D eigenvalue weighted by atomic mass is 10.0. The molecular weight excluding hydrogens is 584 g/mol. The number of rotatable bonds is 12. The summed E-state index contributed by atoms with van der Waals surface area (Å²) < 4.78 is 5.64. The van der Waals surface area contributed by atoms with Crippen LogP contribution in [-0.4, -0.2) is 51.6 Å². The van der Waals surface area contributed by atoms with Crippen LogP contribution >= 0.6 is 0 Å². The molecule has 0 aliphatic heterocycles. The van der Waals surface area contributed by atoms with Gasteiger partial charge in [-0.25, -0.2) is 14.6 Å². The van der Waals surface area contributed by atoms with Crippen molar-refractivity contribution in [2.24, 2.45) is 5.10 Å². The Morgan fingerprint density at radius 1 is 0.804 bits per heavy atom. The number of nitro benzene ring substituents is 1. The van der Waals surface area contributed by atoms with Gasteiger partial charge in [-0.1, -0.05) is 103 Å². The largest absolute Gasteiger partial charge is 0.458 e. The molecule has 10 nitrogen and oxygen atoms in total. The molecular formula is C36H36N4O6. The molecule has 0 unspecified atom stereocenters. The Morgan fingerprint density at radius 3 is 1.83 bits per heavy atom. The first-order chi connectivity index (χ1) is 22.0. The van der Waals surface area contributed by atoms with Crippen LogP contribution in [0, 0.1) is 10.1 Å². The minimum atomic E-state index is -1.08. The number of esters is 1. The molecule has 1 N–H and O–H groups in total. The first-order valence-corrected chi connectivity index (χ1v) is 14.8. The zero-order chi connectivity index (χ0) is 33.1. The average Bonchev–Trinajstić information content (AvgIpc) is 3.03. The van der Waals surface area contributed by atoms with E-state index in [2.05, 4.69) is 5.32 Å². The van der Waals surface area contributed by atoms with Crippen molar-refractivity contribution >= 4 is 29.2 Å². The second kappa shape index (κ2) is 15.4. The number of amides is 2. The summed E-state index contributed by atoms with van der Waals surface area (Å²) in [5, 5.41) is 19.5. The number of ketones is 1. The summed E-state index contributed by atoms with van der Waals surface area (Å²) in [6, 6.07) is 31.5. The third-order valence-corrected chi connectivity index (χ3v) is 6.70. The molecule has 0 heterocycles. The number of ether oxygens (including phenoxy) is 1. The van der Waals surface area contributed by atoms with E-state index in [1.807, 2.05) is 91.0 Å². The number of non-ortho nitro benzene ring substituents is 1. The van der Waals surface area contributed by atoms with E-state index in [-0.39, 0.29) is 24.3 Å². The molecule has 1 atom stereocenters. The number of hydrogen-bond acceptors (Lipinski definition) is 7. The molecule has 10 heteroatoms. The number of hydrazone groups is 1. The lowest BCUT2D eigenvalue weighted by molar-refractivity contribution is -0.384. The van der Waals surface area contributed by atoms with Gasteiger partial charge in [0.05, 0.1) is 10.6 Å². The summed E-state index contributed by atoms with van der Waals surface area (Å²) >= 11 is 0. The van der Waals surface area contributed by atoms with Crippen molar-refractivity contribution in [2.45, 2.75) is 45.3 Å². The summed E-state index contributed by atoms with van der Waals surface area (Å²) in [5.74, 6) is -0.998. The molecule has 0 fully saturated rings. The molecule has 0 aliphatic carbocycles. The van der Waals surface area contributed by atoms with E-state index in [9.17, 15) is 24.5 Å². The second-order valence-electron chi connectivity index (χ2n) is 11.6. The molecule has 236 valence electrons. The van der Waals surface area contributed by atoms with Crippen LogP contribution in [0.15, 0.2) is 120 Å². The van der Waals surface area contributed by atoms with Gasteiger partial charge in [-0.3, -0.25) is 14.9 Å². The Morgan fingerprint density at radius 2 is 1.33 bits per heavy atom. The predicted molar refractivity (Wildman–Crippen MR) is 175 cm³/mol. The number of benzene rings is 4. The SMILES string of the molecule is CC(C)(C)OC(=O)[C@@H](Cc1ccccc1)NC(=O)N(CC(=O)Cc1ccc([N+](=O)[O-])cc1)N=C(c1ccccc1)c1ccccc1. The molecule has 0 saturated heterocycles. The molecule has 0 aromatic heterocycles. The highest BCUT2D eigenvalue weighted by Crippen LogP contribution is 2.16. The van der Waals surface area contributed by atoms with Gasteiger partial charge < -0.3 is 10.1 Å². The Kier molecular flexibility index (Phi) is 11.1. The molecule has 0 spiro atoms. The summed E-state index contributed by atoms with van der Waals surface area (Å²) in [5.41, 5.74) is 2.31. The van der Waals surface area contributed by atoms with E-state index in [0.29, 0.717) is 22.4 Å². The summed E-state index contributed by atoms with van der Waals surface area (Å²) in [6.45, 7) is 4.79. The average molecular weight is 621 g/mol. The number of nitro groups is 1. The molecule has 0 radical (unpaired) electrons. The third-order valence-electron chi connectivity index (χ3n) is 6.70. The van der Waals surface area contributed by atoms with Gasteiger partial charge in [0.1, 0.15) is 18.2 Å². The standard InChI is InChI=1S/C36H36N4O6/c1-36(2,3)46-34(42)32(24-26-13-7-4-8-14-26)37-35(43)39(25-31(41)23-27-19-21-30(22-20-27)40(44)45)38-33(28-15-9-5-10-16-28)29-17-11-6-12-18-29/h4-22,32H,23-25H2,1-3H3,(H,37,43)/t32-/m1/s1. The summed E-state index contributed by atoms with van der Waals surface area (Å²) in [4.78, 5) is 51.2. The summed E-state index contributed by atoms with van der Waals surface area (Å²) in [7, 11) is 0. The number of hydrogen-bond donors (Lipinski definition) is 1. The van der Waals surface area contributed by atoms with Gasteiger partial charge >= 0.3 is 12.0 Å². The number of Topliss-reactive ketones (excluding diaryl/α,β-unsaturated/α-hetero) is 1. The Balaban J connectivity index is 1.69. The fraction of sp³-hybridized carbons (Fsp3) is 0.222. The van der Waals surface area contributed by atoms with Gasteiger partial charge in [-0.15, -0.1) is 0 Å². The van der Waals surface area contributed by atoms with Crippen molar-refractivity contribution in [1.29, 1.82) is 0 Å². The van der Waals surface area contributed by atoms with Crippen LogP contribution < -0.4 is 5.32 Å². The maximum absolute atomic E-state index is 14.0. The maximum atomic E-state index is 14.0. The quantitative estimate of drug-likeness (QED) is 0.0878. The Labute approximate surface area is 267 Å². The van der Waals surface area contributed by atoms with Gasteiger partial charge in [0.2, 0.25) is 0 Å². The minimum Gasteiger partial charge on any atom is -0.458 e. The van der Waals surface area contributed by atoms with E-state index in [1.165, 1.54) is 24.3 Å². The number of nitrogens with zero attached hydrogens (tertiary/aromatic N) is 3. The van der Waals surface area contributed by atoms with Crippen molar-refractivity contribution < 1.29 is 24.0 Å². The van der Waals surface area contributed by atoms with Crippen molar-refractivity contribution in [3.8, 4) is 0 Å². The molecule has 4 aromatic carbocycles. The smallest absolute Gasteiger partial charge is 0.338 e. The Bertz CT molecular complexity index is 1630. The molecule has 4 aromatic rings. The van der Waals surface area contributed by atoms with Crippen LogP contribution in [0.1, 0.15) is 43.0 Å². The topological polar surface area (TPSA) is 131 Å². The van der Waals surface area contributed by atoms with Crippen LogP contribution in [0.2, 0.25) is 0 Å². The number of carbonyl (C=O) groups is 3. The fourth-order valence-corrected chi connectivity index (χ4v) is 4.57. The highest BCUT2D eigenvalue weighted by atomic mass is 16.6. The highest BCUT2D eigenvalue weighted by molar-refractivity contribution is 6.13. The van der Waals surface area contributed by atoms with Crippen LogP contribution in [-0.2, 0) is 27.2 Å². The van der Waals surface area contributed by atoms with Crippen LogP contribution in [0.4, 0.5) is 10.5 Å². The minimum absolute atomic E-state index is 0.0937. The van der Waals surface area contributed by atoms with Crippen molar-refractivity contribution in [2.75, 3.05) is 6.54 Å². The zero-order valence-electron chi connectivity index (χ0n) is 26.0. The van der Waals surface area contributed by atoms with Crippen molar-refractivity contribution in [3.05, 3.63) is 148 Å². The predicted octanol–water partition coefficient (Wildman–Crippen LogP) is 6.12. The van der Waals surface area contributed by atoms with Crippen molar-refractivity contribution in [3.63, 3.8) is 0 Å².